The van der Waals surface area contributed by atoms with E-state index >= 15 is 0 Å². The SMILES string of the molecule is O=C([O-])N[C@H]1C[C@@H]1OC1CCCCO1. The van der Waals surface area contributed by atoms with Crippen molar-refractivity contribution in [3.05, 3.63) is 0 Å². The molecule has 1 amide bonds. The Morgan fingerprint density at radius 2 is 2.36 bits per heavy atom. The normalized spacial score (nSPS) is 36.4. The van der Waals surface area contributed by atoms with E-state index in [1.165, 1.54) is 0 Å². The van der Waals surface area contributed by atoms with E-state index in [0.29, 0.717) is 0 Å². The van der Waals surface area contributed by atoms with Gasteiger partial charge >= 0.3 is 0 Å². The van der Waals surface area contributed by atoms with Crippen LogP contribution in [0.15, 0.2) is 0 Å². The topological polar surface area (TPSA) is 70.6 Å². The highest BCUT2D eigenvalue weighted by Crippen LogP contribution is 2.29. The first-order valence-electron chi connectivity index (χ1n) is 5.00. The molecule has 2 aliphatic rings. The molecule has 0 spiro atoms. The van der Waals surface area contributed by atoms with Crippen LogP contribution < -0.4 is 10.4 Å². The summed E-state index contributed by atoms with van der Waals surface area (Å²) in [4.78, 5) is 10.2. The maximum Gasteiger partial charge on any atom is 0.158 e. The van der Waals surface area contributed by atoms with E-state index in [4.69, 9.17) is 9.47 Å². The van der Waals surface area contributed by atoms with Crippen molar-refractivity contribution < 1.29 is 19.4 Å². The number of carboxylic acid groups (broad SMARTS) is 1. The van der Waals surface area contributed by atoms with E-state index in [1.54, 1.807) is 0 Å². The summed E-state index contributed by atoms with van der Waals surface area (Å²) >= 11 is 0. The zero-order valence-corrected chi connectivity index (χ0v) is 7.90. The molecule has 80 valence electrons. The lowest BCUT2D eigenvalue weighted by atomic mass is 10.2. The Hall–Kier alpha value is -0.810. The van der Waals surface area contributed by atoms with Gasteiger partial charge in [-0.1, -0.05) is 0 Å². The second kappa shape index (κ2) is 4.14. The van der Waals surface area contributed by atoms with Crippen LogP contribution in [0.25, 0.3) is 0 Å². The Morgan fingerprint density at radius 1 is 1.50 bits per heavy atom. The van der Waals surface area contributed by atoms with E-state index < -0.39 is 6.09 Å². The van der Waals surface area contributed by atoms with Gasteiger partial charge < -0.3 is 24.7 Å². The summed E-state index contributed by atoms with van der Waals surface area (Å²) in [6, 6.07) is -0.0921. The lowest BCUT2D eigenvalue weighted by molar-refractivity contribution is -0.251. The van der Waals surface area contributed by atoms with Crippen LogP contribution >= 0.6 is 0 Å². The molecule has 5 heteroatoms. The van der Waals surface area contributed by atoms with Gasteiger partial charge in [-0.05, 0) is 25.7 Å². The number of rotatable bonds is 3. The fourth-order valence-corrected chi connectivity index (χ4v) is 1.64. The van der Waals surface area contributed by atoms with Crippen LogP contribution in [0.1, 0.15) is 25.7 Å². The molecule has 1 N–H and O–H groups in total. The number of carbonyl (C=O) groups is 1. The van der Waals surface area contributed by atoms with Crippen molar-refractivity contribution in [3.63, 3.8) is 0 Å². The molecule has 0 aromatic rings. The molecule has 0 aromatic carbocycles. The average molecular weight is 200 g/mol. The number of hydrogen-bond donors (Lipinski definition) is 1. The minimum atomic E-state index is -1.23. The summed E-state index contributed by atoms with van der Waals surface area (Å²) in [6.45, 7) is 0.746. The van der Waals surface area contributed by atoms with E-state index in [1.807, 2.05) is 0 Å². The smallest absolute Gasteiger partial charge is 0.158 e. The van der Waals surface area contributed by atoms with Crippen LogP contribution in [0.3, 0.4) is 0 Å². The zero-order valence-electron chi connectivity index (χ0n) is 7.90. The summed E-state index contributed by atoms with van der Waals surface area (Å²) in [5.41, 5.74) is 0. The second-order valence-electron chi connectivity index (χ2n) is 3.74. The maximum absolute atomic E-state index is 10.2. The van der Waals surface area contributed by atoms with Gasteiger partial charge in [-0.15, -0.1) is 0 Å². The van der Waals surface area contributed by atoms with Gasteiger partial charge in [-0.2, -0.15) is 0 Å². The average Bonchev–Trinajstić information content (AvgIpc) is 2.84. The molecule has 0 radical (unpaired) electrons. The Kier molecular flexibility index (Phi) is 2.88. The molecule has 5 nitrogen and oxygen atoms in total. The molecule has 14 heavy (non-hydrogen) atoms. The third-order valence-corrected chi connectivity index (χ3v) is 2.50. The van der Waals surface area contributed by atoms with Crippen molar-refractivity contribution >= 4 is 6.09 Å². The molecular weight excluding hydrogens is 186 g/mol. The van der Waals surface area contributed by atoms with Crippen molar-refractivity contribution in [2.45, 2.75) is 44.1 Å². The van der Waals surface area contributed by atoms with Crippen LogP contribution in [0.4, 0.5) is 4.79 Å². The van der Waals surface area contributed by atoms with Crippen molar-refractivity contribution in [3.8, 4) is 0 Å². The molecule has 3 atom stereocenters. The van der Waals surface area contributed by atoms with Crippen molar-refractivity contribution in [1.82, 2.24) is 5.32 Å². The van der Waals surface area contributed by atoms with Crippen molar-refractivity contribution in [2.24, 2.45) is 0 Å². The van der Waals surface area contributed by atoms with Crippen molar-refractivity contribution in [1.29, 1.82) is 0 Å². The lowest BCUT2D eigenvalue weighted by Crippen LogP contribution is -2.39. The van der Waals surface area contributed by atoms with Crippen LogP contribution in [0, 0.1) is 0 Å². The van der Waals surface area contributed by atoms with Gasteiger partial charge in [0.25, 0.3) is 0 Å². The number of nitrogens with one attached hydrogen (secondary N) is 1. The molecule has 0 bridgehead atoms. The van der Waals surface area contributed by atoms with E-state index in [9.17, 15) is 9.90 Å². The minimum Gasteiger partial charge on any atom is -0.530 e. The van der Waals surface area contributed by atoms with Gasteiger partial charge in [0.2, 0.25) is 0 Å². The van der Waals surface area contributed by atoms with E-state index in [-0.39, 0.29) is 18.4 Å². The molecule has 2 fully saturated rings. The Labute approximate surface area is 82.4 Å². The zero-order chi connectivity index (χ0) is 9.97. The quantitative estimate of drug-likeness (QED) is 0.673. The largest absolute Gasteiger partial charge is 0.530 e. The highest BCUT2D eigenvalue weighted by atomic mass is 16.7. The molecule has 1 saturated carbocycles. The Morgan fingerprint density at radius 3 is 3.00 bits per heavy atom. The summed E-state index contributed by atoms with van der Waals surface area (Å²) in [6.07, 6.45) is 2.47. The summed E-state index contributed by atoms with van der Waals surface area (Å²) < 4.78 is 10.9. The first kappa shape index (κ1) is 9.73. The number of hydrogen-bond acceptors (Lipinski definition) is 4. The van der Waals surface area contributed by atoms with Crippen molar-refractivity contribution in [2.75, 3.05) is 6.61 Å². The van der Waals surface area contributed by atoms with Gasteiger partial charge in [0.05, 0.1) is 12.1 Å². The predicted octanol–water partition coefficient (Wildman–Crippen LogP) is -0.397. The van der Waals surface area contributed by atoms with Gasteiger partial charge in [-0.25, -0.2) is 0 Å². The number of ether oxygens (including phenoxy) is 2. The second-order valence-corrected chi connectivity index (χ2v) is 3.74. The molecule has 1 aliphatic carbocycles. The third kappa shape index (κ3) is 2.59. The Balaban J connectivity index is 1.65. The maximum atomic E-state index is 10.2. The highest BCUT2D eigenvalue weighted by molar-refractivity contribution is 5.63. The van der Waals surface area contributed by atoms with Crippen LogP contribution in [-0.2, 0) is 9.47 Å². The highest BCUT2D eigenvalue weighted by Gasteiger charge is 2.40. The lowest BCUT2D eigenvalue weighted by Gasteiger charge is -2.22. The summed E-state index contributed by atoms with van der Waals surface area (Å²) in [7, 11) is 0. The van der Waals surface area contributed by atoms with Gasteiger partial charge in [0.15, 0.2) is 6.29 Å². The fourth-order valence-electron chi connectivity index (χ4n) is 1.64. The minimum absolute atomic E-state index is 0.0176. The molecule has 1 saturated heterocycles. The molecule has 1 aliphatic heterocycles. The molecular formula is C9H14NO4-. The van der Waals surface area contributed by atoms with Gasteiger partial charge in [0, 0.05) is 6.61 Å². The van der Waals surface area contributed by atoms with E-state index in [2.05, 4.69) is 5.32 Å². The molecule has 0 aromatic heterocycles. The van der Waals surface area contributed by atoms with Crippen LogP contribution in [0.2, 0.25) is 0 Å². The van der Waals surface area contributed by atoms with Gasteiger partial charge in [-0.3, -0.25) is 0 Å². The fraction of sp³-hybridized carbons (Fsp3) is 0.889. The first-order valence-corrected chi connectivity index (χ1v) is 5.00. The number of amides is 1. The molecule has 1 heterocycles. The first-order chi connectivity index (χ1) is 6.75. The van der Waals surface area contributed by atoms with E-state index in [0.717, 1.165) is 32.3 Å². The number of carbonyl (C=O) groups excluding carboxylic acids is 1. The van der Waals surface area contributed by atoms with Crippen LogP contribution in [0.5, 0.6) is 0 Å². The molecule has 2 rings (SSSR count). The summed E-state index contributed by atoms with van der Waals surface area (Å²) in [5, 5.41) is 12.5. The molecule has 1 unspecified atom stereocenters. The monoisotopic (exact) mass is 200 g/mol. The predicted molar refractivity (Wildman–Crippen MR) is 45.4 cm³/mol. The van der Waals surface area contributed by atoms with Gasteiger partial charge in [0.1, 0.15) is 6.09 Å². The summed E-state index contributed by atoms with van der Waals surface area (Å²) in [5.74, 6) is 0. The standard InChI is InChI=1S/C9H15NO4/c11-9(12)10-6-5-7(6)14-8-3-1-2-4-13-8/h6-8,10H,1-5H2,(H,11,12)/p-1/t6-,7-,8?/m0/s1. The Bertz CT molecular complexity index is 215. The van der Waals surface area contributed by atoms with Crippen LogP contribution in [-0.4, -0.2) is 31.1 Å². The third-order valence-electron chi connectivity index (χ3n) is 2.50.